The minimum Gasteiger partial charge on any atom is -0.326 e. The van der Waals surface area contributed by atoms with E-state index in [1.54, 1.807) is 11.9 Å². The highest BCUT2D eigenvalue weighted by Crippen LogP contribution is 2.28. The van der Waals surface area contributed by atoms with Gasteiger partial charge in [-0.2, -0.15) is 0 Å². The SMILES string of the molecule is CCCCCN1CCCN(Cc2cc(NSc3ccc4ccccc4c3)ccc2Cl)CC1. The van der Waals surface area contributed by atoms with Gasteiger partial charge in [0.25, 0.3) is 0 Å². The van der Waals surface area contributed by atoms with Gasteiger partial charge in [-0.15, -0.1) is 0 Å². The number of nitrogens with zero attached hydrogens (tertiary/aromatic N) is 2. The van der Waals surface area contributed by atoms with Gasteiger partial charge in [-0.1, -0.05) is 61.7 Å². The summed E-state index contributed by atoms with van der Waals surface area (Å²) < 4.78 is 3.51. The number of anilines is 1. The van der Waals surface area contributed by atoms with Gasteiger partial charge in [0.1, 0.15) is 0 Å². The predicted octanol–water partition coefficient (Wildman–Crippen LogP) is 7.31. The third kappa shape index (κ3) is 6.64. The number of halogens is 1. The molecule has 0 aliphatic carbocycles. The maximum Gasteiger partial charge on any atom is 0.0452 e. The smallest absolute Gasteiger partial charge is 0.0452 e. The van der Waals surface area contributed by atoms with Gasteiger partial charge in [-0.3, -0.25) is 4.90 Å². The Morgan fingerprint density at radius 1 is 0.875 bits per heavy atom. The van der Waals surface area contributed by atoms with Crippen molar-refractivity contribution < 1.29 is 0 Å². The lowest BCUT2D eigenvalue weighted by Gasteiger charge is -2.22. The molecule has 4 rings (SSSR count). The number of fused-ring (bicyclic) bond motifs is 1. The quantitative estimate of drug-likeness (QED) is 0.262. The first-order valence-corrected chi connectivity index (χ1v) is 13.1. The lowest BCUT2D eigenvalue weighted by atomic mass is 10.1. The maximum absolute atomic E-state index is 6.58. The van der Waals surface area contributed by atoms with Crippen LogP contribution in [-0.2, 0) is 6.54 Å². The molecule has 5 heteroatoms. The van der Waals surface area contributed by atoms with E-state index >= 15 is 0 Å². The molecule has 1 saturated heterocycles. The maximum atomic E-state index is 6.58. The molecular weight excluding hydrogens is 434 g/mol. The largest absolute Gasteiger partial charge is 0.326 e. The van der Waals surface area contributed by atoms with Crippen molar-refractivity contribution in [3.63, 3.8) is 0 Å². The molecule has 0 aromatic heterocycles. The Kier molecular flexibility index (Phi) is 8.75. The first-order valence-electron chi connectivity index (χ1n) is 11.9. The van der Waals surface area contributed by atoms with E-state index in [4.69, 9.17) is 11.6 Å². The van der Waals surface area contributed by atoms with E-state index in [1.807, 2.05) is 6.07 Å². The number of nitrogens with one attached hydrogen (secondary N) is 1. The summed E-state index contributed by atoms with van der Waals surface area (Å²) in [5.74, 6) is 0. The standard InChI is InChI=1S/C27H34ClN3S/c1-2-3-6-14-30-15-7-16-31(18-17-30)21-24-19-25(11-13-27(24)28)29-32-26-12-10-22-8-4-5-9-23(22)20-26/h4-5,8-13,19-20,29H,2-3,6-7,14-18,21H2,1H3. The average Bonchev–Trinajstić information content (AvgIpc) is 3.05. The summed E-state index contributed by atoms with van der Waals surface area (Å²) in [6.07, 6.45) is 5.19. The number of unbranched alkanes of at least 4 members (excludes halogenated alkanes) is 2. The molecule has 0 saturated carbocycles. The molecule has 1 aliphatic heterocycles. The summed E-state index contributed by atoms with van der Waals surface area (Å²) in [4.78, 5) is 6.40. The minimum absolute atomic E-state index is 0.857. The zero-order valence-corrected chi connectivity index (χ0v) is 20.6. The summed E-state index contributed by atoms with van der Waals surface area (Å²) in [6, 6.07) is 21.3. The average molecular weight is 468 g/mol. The fourth-order valence-corrected chi connectivity index (χ4v) is 5.20. The molecule has 1 heterocycles. The highest BCUT2D eigenvalue weighted by Gasteiger charge is 2.16. The molecule has 0 spiro atoms. The van der Waals surface area contributed by atoms with Crippen molar-refractivity contribution >= 4 is 40.0 Å². The van der Waals surface area contributed by atoms with Gasteiger partial charge in [-0.25, -0.2) is 0 Å². The summed E-state index contributed by atoms with van der Waals surface area (Å²) in [5.41, 5.74) is 2.30. The topological polar surface area (TPSA) is 18.5 Å². The third-order valence-corrected chi connectivity index (χ3v) is 7.40. The van der Waals surface area contributed by atoms with Gasteiger partial charge in [0.05, 0.1) is 0 Å². The molecule has 3 aromatic carbocycles. The second-order valence-electron chi connectivity index (χ2n) is 8.70. The van der Waals surface area contributed by atoms with Crippen LogP contribution in [0.1, 0.15) is 38.2 Å². The molecule has 1 N–H and O–H groups in total. The van der Waals surface area contributed by atoms with Crippen LogP contribution in [0.4, 0.5) is 5.69 Å². The predicted molar refractivity (Wildman–Crippen MR) is 141 cm³/mol. The van der Waals surface area contributed by atoms with Crippen LogP contribution in [0, 0.1) is 0 Å². The van der Waals surface area contributed by atoms with Gasteiger partial charge in [0.15, 0.2) is 0 Å². The zero-order valence-electron chi connectivity index (χ0n) is 19.0. The number of hydrogen-bond donors (Lipinski definition) is 1. The fraction of sp³-hybridized carbons (Fsp3) is 0.407. The molecule has 0 unspecified atom stereocenters. The molecular formula is C27H34ClN3S. The van der Waals surface area contributed by atoms with Crippen molar-refractivity contribution in [1.82, 2.24) is 9.80 Å². The zero-order chi connectivity index (χ0) is 22.2. The Morgan fingerprint density at radius 3 is 2.56 bits per heavy atom. The Labute approximate surface area is 202 Å². The molecule has 1 aliphatic rings. The van der Waals surface area contributed by atoms with Crippen LogP contribution in [0.3, 0.4) is 0 Å². The van der Waals surface area contributed by atoms with Crippen molar-refractivity contribution in [2.75, 3.05) is 37.4 Å². The summed E-state index contributed by atoms with van der Waals surface area (Å²) in [5, 5.41) is 3.39. The molecule has 32 heavy (non-hydrogen) atoms. The number of benzene rings is 3. The van der Waals surface area contributed by atoms with Crippen LogP contribution < -0.4 is 4.72 Å². The third-order valence-electron chi connectivity index (χ3n) is 6.21. The van der Waals surface area contributed by atoms with E-state index in [-0.39, 0.29) is 0 Å². The second kappa shape index (κ2) is 11.9. The van der Waals surface area contributed by atoms with Gasteiger partial charge >= 0.3 is 0 Å². The van der Waals surface area contributed by atoms with E-state index in [9.17, 15) is 0 Å². The normalized spacial score (nSPS) is 15.7. The van der Waals surface area contributed by atoms with Crippen LogP contribution >= 0.6 is 23.5 Å². The van der Waals surface area contributed by atoms with Crippen molar-refractivity contribution in [3.05, 3.63) is 71.2 Å². The summed E-state index contributed by atoms with van der Waals surface area (Å²) in [6.45, 7) is 9.08. The summed E-state index contributed by atoms with van der Waals surface area (Å²) >= 11 is 8.23. The van der Waals surface area contributed by atoms with E-state index in [0.29, 0.717) is 0 Å². The van der Waals surface area contributed by atoms with Gasteiger partial charge in [-0.05, 0) is 91.1 Å². The van der Waals surface area contributed by atoms with E-state index in [1.165, 1.54) is 60.0 Å². The van der Waals surface area contributed by atoms with E-state index in [0.717, 1.165) is 36.9 Å². The number of rotatable bonds is 9. The number of hydrogen-bond acceptors (Lipinski definition) is 4. The Bertz CT molecular complexity index is 1010. The van der Waals surface area contributed by atoms with Gasteiger partial charge < -0.3 is 9.62 Å². The molecule has 0 bridgehead atoms. The van der Waals surface area contributed by atoms with E-state index in [2.05, 4.69) is 76.0 Å². The minimum atomic E-state index is 0.857. The van der Waals surface area contributed by atoms with Crippen molar-refractivity contribution in [2.24, 2.45) is 0 Å². The summed E-state index contributed by atoms with van der Waals surface area (Å²) in [7, 11) is 0. The molecule has 0 amide bonds. The highest BCUT2D eigenvalue weighted by atomic mass is 35.5. The van der Waals surface area contributed by atoms with Crippen molar-refractivity contribution in [1.29, 1.82) is 0 Å². The van der Waals surface area contributed by atoms with Crippen molar-refractivity contribution in [3.8, 4) is 0 Å². The van der Waals surface area contributed by atoms with Crippen molar-refractivity contribution in [2.45, 2.75) is 44.0 Å². The molecule has 3 aromatic rings. The fourth-order valence-electron chi connectivity index (χ4n) is 4.34. The first-order chi connectivity index (χ1) is 15.7. The first kappa shape index (κ1) is 23.4. The molecule has 0 radical (unpaired) electrons. The second-order valence-corrected chi connectivity index (χ2v) is 9.98. The molecule has 1 fully saturated rings. The van der Waals surface area contributed by atoms with Gasteiger partial charge in [0, 0.05) is 35.2 Å². The van der Waals surface area contributed by atoms with E-state index < -0.39 is 0 Å². The lowest BCUT2D eigenvalue weighted by molar-refractivity contribution is 0.249. The van der Waals surface area contributed by atoms with Gasteiger partial charge in [0.2, 0.25) is 0 Å². The molecule has 3 nitrogen and oxygen atoms in total. The molecule has 0 atom stereocenters. The lowest BCUT2D eigenvalue weighted by Crippen LogP contribution is -2.31. The Hall–Kier alpha value is -1.72. The molecule has 170 valence electrons. The Morgan fingerprint density at radius 2 is 1.69 bits per heavy atom. The Balaban J connectivity index is 1.34. The van der Waals surface area contributed by atoms with Crippen LogP contribution in [0.15, 0.2) is 65.6 Å². The van der Waals surface area contributed by atoms with Crippen LogP contribution in [0.25, 0.3) is 10.8 Å². The highest BCUT2D eigenvalue weighted by molar-refractivity contribution is 8.00. The van der Waals surface area contributed by atoms with Crippen LogP contribution in [0.5, 0.6) is 0 Å². The van der Waals surface area contributed by atoms with Crippen LogP contribution in [0.2, 0.25) is 5.02 Å². The monoisotopic (exact) mass is 467 g/mol. The van der Waals surface area contributed by atoms with Crippen LogP contribution in [-0.4, -0.2) is 42.5 Å².